The molecule has 7 nitrogen and oxygen atoms in total. The third-order valence-corrected chi connectivity index (χ3v) is 5.93. The van der Waals surface area contributed by atoms with E-state index in [4.69, 9.17) is 9.47 Å². The average molecular weight is 406 g/mol. The van der Waals surface area contributed by atoms with Crippen LogP contribution >= 0.6 is 0 Å². The highest BCUT2D eigenvalue weighted by molar-refractivity contribution is 5.77. The lowest BCUT2D eigenvalue weighted by Crippen LogP contribution is -2.63. The summed E-state index contributed by atoms with van der Waals surface area (Å²) in [6.45, 7) is 4.15. The van der Waals surface area contributed by atoms with Gasteiger partial charge in [-0.05, 0) is 32.0 Å². The highest BCUT2D eigenvalue weighted by atomic mass is 19.1. The number of benzene rings is 1. The van der Waals surface area contributed by atoms with Crippen LogP contribution in [0, 0.1) is 5.82 Å². The molecule has 1 fully saturated rings. The van der Waals surface area contributed by atoms with Crippen molar-refractivity contribution in [2.24, 2.45) is 0 Å². The normalized spacial score (nSPS) is 29.6. The molecule has 160 valence electrons. The Hall–Kier alpha value is -1.71. The quantitative estimate of drug-likeness (QED) is 0.506. The van der Waals surface area contributed by atoms with Gasteiger partial charge in [-0.15, -0.1) is 0 Å². The summed E-state index contributed by atoms with van der Waals surface area (Å²) < 4.78 is 27.2. The number of hydrogen-bond acceptors (Lipinski definition) is 7. The third kappa shape index (κ3) is 4.41. The topological polar surface area (TPSA) is 78.6 Å². The van der Waals surface area contributed by atoms with E-state index >= 15 is 4.39 Å². The highest BCUT2D eigenvalue weighted by Gasteiger charge is 2.30. The van der Waals surface area contributed by atoms with E-state index in [-0.39, 0.29) is 24.4 Å². The first kappa shape index (κ1) is 20.6. The Balaban J connectivity index is 1.66. The molecular formula is C21H32FN5O2. The van der Waals surface area contributed by atoms with Crippen molar-refractivity contribution in [1.29, 1.82) is 0 Å². The van der Waals surface area contributed by atoms with Crippen molar-refractivity contribution in [2.45, 2.75) is 50.8 Å². The van der Waals surface area contributed by atoms with Gasteiger partial charge in [0.2, 0.25) is 0 Å². The van der Waals surface area contributed by atoms with Gasteiger partial charge in [-0.3, -0.25) is 10.6 Å². The maximum atomic E-state index is 15.8. The van der Waals surface area contributed by atoms with Gasteiger partial charge in [-0.25, -0.2) is 4.39 Å². The highest BCUT2D eigenvalue weighted by Crippen LogP contribution is 2.41. The predicted octanol–water partition coefficient (Wildman–Crippen LogP) is 1.36. The van der Waals surface area contributed by atoms with E-state index in [0.29, 0.717) is 42.6 Å². The molecule has 0 saturated carbocycles. The van der Waals surface area contributed by atoms with Crippen LogP contribution in [0.5, 0.6) is 5.75 Å². The van der Waals surface area contributed by atoms with E-state index in [1.54, 1.807) is 7.11 Å². The second kappa shape index (κ2) is 8.97. The molecule has 8 heteroatoms. The van der Waals surface area contributed by atoms with Gasteiger partial charge < -0.3 is 25.4 Å². The third-order valence-electron chi connectivity index (χ3n) is 5.93. The van der Waals surface area contributed by atoms with Crippen LogP contribution in [0.15, 0.2) is 12.1 Å². The average Bonchev–Trinajstić information content (AvgIpc) is 3.03. The lowest BCUT2D eigenvalue weighted by molar-refractivity contribution is 0.108. The lowest BCUT2D eigenvalue weighted by atomic mass is 9.95. The van der Waals surface area contributed by atoms with Crippen molar-refractivity contribution in [3.05, 3.63) is 29.1 Å². The molecule has 3 aliphatic rings. The molecule has 3 unspecified atom stereocenters. The van der Waals surface area contributed by atoms with Crippen molar-refractivity contribution in [3.8, 4) is 5.75 Å². The van der Waals surface area contributed by atoms with Gasteiger partial charge in [-0.2, -0.15) is 0 Å². The number of fused-ring (bicyclic) bond motifs is 1. The maximum Gasteiger partial charge on any atom is 0.157 e. The molecule has 0 amide bonds. The molecule has 1 aromatic carbocycles. The Morgan fingerprint density at radius 2 is 2.17 bits per heavy atom. The van der Waals surface area contributed by atoms with Gasteiger partial charge in [0, 0.05) is 44.6 Å². The summed E-state index contributed by atoms with van der Waals surface area (Å²) in [6, 6.07) is 2.20. The zero-order chi connectivity index (χ0) is 20.4. The van der Waals surface area contributed by atoms with Crippen LogP contribution < -0.4 is 31.3 Å². The molecule has 0 aliphatic carbocycles. The number of ether oxygens (including phenoxy) is 2. The number of rotatable bonds is 5. The number of anilines is 1. The molecule has 0 spiro atoms. The first-order chi connectivity index (χ1) is 14.1. The largest absolute Gasteiger partial charge is 0.492 e. The SMILES string of the molecule is CNC1CC(C)NC(Nc2cc3c(c(C4=CCNC[C@@H](OC)C4)c2F)OCC3)N1. The Labute approximate surface area is 171 Å². The molecule has 3 heterocycles. The molecule has 1 aromatic rings. The van der Waals surface area contributed by atoms with Crippen LogP contribution in [0.4, 0.5) is 10.1 Å². The molecule has 4 atom stereocenters. The molecule has 1 saturated heterocycles. The summed E-state index contributed by atoms with van der Waals surface area (Å²) in [4.78, 5) is 0. The molecule has 0 aromatic heterocycles. The summed E-state index contributed by atoms with van der Waals surface area (Å²) in [5, 5.41) is 16.8. The fourth-order valence-electron chi connectivity index (χ4n) is 4.38. The van der Waals surface area contributed by atoms with E-state index in [0.717, 1.165) is 30.5 Å². The Morgan fingerprint density at radius 3 is 2.97 bits per heavy atom. The van der Waals surface area contributed by atoms with E-state index in [1.165, 1.54) is 0 Å². The monoisotopic (exact) mass is 405 g/mol. The number of nitrogens with one attached hydrogen (secondary N) is 5. The minimum Gasteiger partial charge on any atom is -0.492 e. The second-order valence-electron chi connectivity index (χ2n) is 8.04. The Bertz CT molecular complexity index is 772. The first-order valence-corrected chi connectivity index (χ1v) is 10.5. The van der Waals surface area contributed by atoms with Crippen molar-refractivity contribution in [1.82, 2.24) is 21.3 Å². The van der Waals surface area contributed by atoms with Gasteiger partial charge in [0.1, 0.15) is 12.0 Å². The number of hydrogen-bond donors (Lipinski definition) is 5. The van der Waals surface area contributed by atoms with E-state index in [2.05, 4.69) is 39.6 Å². The zero-order valence-electron chi connectivity index (χ0n) is 17.4. The van der Waals surface area contributed by atoms with Crippen molar-refractivity contribution >= 4 is 11.3 Å². The first-order valence-electron chi connectivity index (χ1n) is 10.5. The van der Waals surface area contributed by atoms with Crippen LogP contribution in [0.25, 0.3) is 5.57 Å². The maximum absolute atomic E-state index is 15.8. The molecule has 29 heavy (non-hydrogen) atoms. The van der Waals surface area contributed by atoms with Gasteiger partial charge in [0.15, 0.2) is 5.82 Å². The Kier molecular flexibility index (Phi) is 6.36. The van der Waals surface area contributed by atoms with Crippen LogP contribution in [-0.2, 0) is 11.2 Å². The molecule has 3 aliphatic heterocycles. The summed E-state index contributed by atoms with van der Waals surface area (Å²) in [5.41, 5.74) is 3.05. The minimum absolute atomic E-state index is 0.00994. The van der Waals surface area contributed by atoms with Crippen LogP contribution in [0.2, 0.25) is 0 Å². The van der Waals surface area contributed by atoms with Crippen molar-refractivity contribution < 1.29 is 13.9 Å². The fraction of sp³-hybridized carbons (Fsp3) is 0.619. The summed E-state index contributed by atoms with van der Waals surface area (Å²) in [7, 11) is 3.63. The van der Waals surface area contributed by atoms with Crippen molar-refractivity contribution in [2.75, 3.05) is 39.2 Å². The molecular weight excluding hydrogens is 373 g/mol. The standard InChI is InChI=1S/C21H32FN5O2/c1-12-8-17(23-2)27-21(25-12)26-16-10-14-5-7-29-20(14)18(19(16)22)13-4-6-24-11-15(9-13)28-3/h4,10,12,15,17,21,23-27H,5-9,11H2,1-3H3/t12?,15-,17?,21?/m0/s1. The number of halogens is 1. The lowest BCUT2D eigenvalue weighted by Gasteiger charge is -2.37. The van der Waals surface area contributed by atoms with Crippen molar-refractivity contribution in [3.63, 3.8) is 0 Å². The van der Waals surface area contributed by atoms with E-state index < -0.39 is 0 Å². The number of methoxy groups -OCH3 is 1. The minimum atomic E-state index is -0.267. The molecule has 4 rings (SSSR count). The van der Waals surface area contributed by atoms with E-state index in [9.17, 15) is 0 Å². The summed E-state index contributed by atoms with van der Waals surface area (Å²) in [5.74, 6) is 0.415. The smallest absolute Gasteiger partial charge is 0.157 e. The molecule has 0 radical (unpaired) electrons. The van der Waals surface area contributed by atoms with Gasteiger partial charge in [0.05, 0.1) is 30.1 Å². The van der Waals surface area contributed by atoms with Gasteiger partial charge in [-0.1, -0.05) is 6.08 Å². The molecule has 5 N–H and O–H groups in total. The fourth-order valence-corrected chi connectivity index (χ4v) is 4.38. The van der Waals surface area contributed by atoms with Crippen LogP contribution in [-0.4, -0.2) is 58.5 Å². The Morgan fingerprint density at radius 1 is 1.31 bits per heavy atom. The zero-order valence-corrected chi connectivity index (χ0v) is 17.4. The van der Waals surface area contributed by atoms with E-state index in [1.807, 2.05) is 13.1 Å². The van der Waals surface area contributed by atoms with Crippen LogP contribution in [0.3, 0.4) is 0 Å². The summed E-state index contributed by atoms with van der Waals surface area (Å²) in [6.07, 6.45) is 4.40. The predicted molar refractivity (Wildman–Crippen MR) is 112 cm³/mol. The second-order valence-corrected chi connectivity index (χ2v) is 8.04. The van der Waals surface area contributed by atoms with Gasteiger partial charge in [0.25, 0.3) is 0 Å². The molecule has 0 bridgehead atoms. The van der Waals surface area contributed by atoms with Crippen LogP contribution in [0.1, 0.15) is 30.9 Å². The summed E-state index contributed by atoms with van der Waals surface area (Å²) >= 11 is 0. The van der Waals surface area contributed by atoms with Gasteiger partial charge >= 0.3 is 0 Å².